The van der Waals surface area contributed by atoms with Crippen molar-refractivity contribution in [1.82, 2.24) is 14.8 Å². The van der Waals surface area contributed by atoms with Crippen LogP contribution in [-0.4, -0.2) is 21.9 Å². The second-order valence-corrected chi connectivity index (χ2v) is 5.19. The van der Waals surface area contributed by atoms with Crippen molar-refractivity contribution < 1.29 is 9.47 Å². The van der Waals surface area contributed by atoms with Crippen molar-refractivity contribution in [3.05, 3.63) is 72.3 Å². The minimum Gasteiger partial charge on any atom is -0.497 e. The van der Waals surface area contributed by atoms with Gasteiger partial charge >= 0.3 is 0 Å². The van der Waals surface area contributed by atoms with Crippen molar-refractivity contribution in [2.45, 2.75) is 19.6 Å². The van der Waals surface area contributed by atoms with Crippen molar-refractivity contribution in [3.63, 3.8) is 0 Å². The smallest absolute Gasteiger partial charge is 0.137 e. The van der Waals surface area contributed by atoms with Crippen LogP contribution in [0.1, 0.15) is 11.1 Å². The average Bonchev–Trinajstić information content (AvgIpc) is 3.13. The van der Waals surface area contributed by atoms with Gasteiger partial charge in [0.1, 0.15) is 30.8 Å². The van der Waals surface area contributed by atoms with Gasteiger partial charge in [0.05, 0.1) is 7.11 Å². The highest BCUT2D eigenvalue weighted by Gasteiger charge is 1.99. The first-order valence-corrected chi connectivity index (χ1v) is 7.50. The number of aryl methyl sites for hydroxylation is 2. The Balaban J connectivity index is 1.50. The van der Waals surface area contributed by atoms with E-state index in [9.17, 15) is 0 Å². The summed E-state index contributed by atoms with van der Waals surface area (Å²) in [5.41, 5.74) is 2.36. The van der Waals surface area contributed by atoms with Crippen LogP contribution in [0, 0.1) is 0 Å². The van der Waals surface area contributed by atoms with Crippen molar-refractivity contribution in [3.8, 4) is 11.5 Å². The molecule has 0 aliphatic rings. The number of hydrogen-bond donors (Lipinski definition) is 0. The van der Waals surface area contributed by atoms with Gasteiger partial charge in [0, 0.05) is 6.54 Å². The van der Waals surface area contributed by atoms with Crippen LogP contribution in [0.4, 0.5) is 0 Å². The molecule has 0 amide bonds. The number of ether oxygens (including phenoxy) is 2. The summed E-state index contributed by atoms with van der Waals surface area (Å²) < 4.78 is 12.8. The quantitative estimate of drug-likeness (QED) is 0.673. The van der Waals surface area contributed by atoms with Gasteiger partial charge < -0.3 is 9.47 Å². The maximum Gasteiger partial charge on any atom is 0.137 e. The Hall–Kier alpha value is -2.82. The van der Waals surface area contributed by atoms with E-state index in [1.165, 1.54) is 5.56 Å². The van der Waals surface area contributed by atoms with Crippen molar-refractivity contribution in [2.75, 3.05) is 7.11 Å². The molecule has 0 unspecified atom stereocenters. The maximum absolute atomic E-state index is 5.80. The summed E-state index contributed by atoms with van der Waals surface area (Å²) >= 11 is 0. The molecule has 0 aliphatic heterocycles. The molecule has 0 aliphatic carbocycles. The molecule has 118 valence electrons. The lowest BCUT2D eigenvalue weighted by molar-refractivity contribution is 0.306. The molecule has 5 heteroatoms. The second kappa shape index (κ2) is 7.45. The zero-order chi connectivity index (χ0) is 15.9. The molecule has 0 atom stereocenters. The molecule has 3 aromatic rings. The van der Waals surface area contributed by atoms with Crippen LogP contribution in [0.5, 0.6) is 11.5 Å². The first-order chi connectivity index (χ1) is 11.3. The molecule has 0 N–H and O–H groups in total. The number of aromatic nitrogens is 3. The lowest BCUT2D eigenvalue weighted by atomic mass is 10.1. The molecule has 5 nitrogen and oxygen atoms in total. The SMILES string of the molecule is COc1ccc(COc2ccc(CCn3cncn3)cc2)cc1. The van der Waals surface area contributed by atoms with E-state index in [-0.39, 0.29) is 0 Å². The third-order valence-electron chi connectivity index (χ3n) is 3.58. The van der Waals surface area contributed by atoms with Crippen LogP contribution < -0.4 is 9.47 Å². The van der Waals surface area contributed by atoms with E-state index < -0.39 is 0 Å². The summed E-state index contributed by atoms with van der Waals surface area (Å²) in [6, 6.07) is 16.1. The lowest BCUT2D eigenvalue weighted by Gasteiger charge is -2.08. The van der Waals surface area contributed by atoms with Crippen molar-refractivity contribution in [1.29, 1.82) is 0 Å². The highest BCUT2D eigenvalue weighted by molar-refractivity contribution is 5.29. The van der Waals surface area contributed by atoms with Gasteiger partial charge in [-0.1, -0.05) is 24.3 Å². The van der Waals surface area contributed by atoms with E-state index in [1.807, 2.05) is 41.1 Å². The normalized spacial score (nSPS) is 10.5. The molecule has 0 radical (unpaired) electrons. The third kappa shape index (κ3) is 4.32. The van der Waals surface area contributed by atoms with Gasteiger partial charge in [0.15, 0.2) is 0 Å². The van der Waals surface area contributed by atoms with Crippen LogP contribution in [-0.2, 0) is 19.6 Å². The Bertz CT molecular complexity index is 707. The summed E-state index contributed by atoms with van der Waals surface area (Å²) in [4.78, 5) is 3.94. The Morgan fingerprint density at radius 1 is 0.913 bits per heavy atom. The molecule has 1 heterocycles. The van der Waals surface area contributed by atoms with Crippen LogP contribution >= 0.6 is 0 Å². The molecule has 0 bridgehead atoms. The molecule has 0 fully saturated rings. The minimum atomic E-state index is 0.544. The number of hydrogen-bond acceptors (Lipinski definition) is 4. The van der Waals surface area contributed by atoms with E-state index in [1.54, 1.807) is 19.8 Å². The van der Waals surface area contributed by atoms with Crippen molar-refractivity contribution >= 4 is 0 Å². The number of nitrogens with zero attached hydrogens (tertiary/aromatic N) is 3. The fourth-order valence-electron chi connectivity index (χ4n) is 2.23. The van der Waals surface area contributed by atoms with E-state index >= 15 is 0 Å². The molecule has 0 saturated carbocycles. The summed E-state index contributed by atoms with van der Waals surface area (Å²) in [5.74, 6) is 1.72. The highest BCUT2D eigenvalue weighted by Crippen LogP contribution is 2.16. The molecule has 23 heavy (non-hydrogen) atoms. The van der Waals surface area contributed by atoms with Gasteiger partial charge in [-0.3, -0.25) is 4.68 Å². The predicted molar refractivity (Wildman–Crippen MR) is 87.5 cm³/mol. The Morgan fingerprint density at radius 2 is 1.61 bits per heavy atom. The van der Waals surface area contributed by atoms with E-state index in [2.05, 4.69) is 22.2 Å². The first-order valence-electron chi connectivity index (χ1n) is 7.50. The van der Waals surface area contributed by atoms with Crippen LogP contribution in [0.15, 0.2) is 61.2 Å². The molecule has 3 rings (SSSR count). The third-order valence-corrected chi connectivity index (χ3v) is 3.58. The van der Waals surface area contributed by atoms with Gasteiger partial charge in [-0.2, -0.15) is 5.10 Å². The zero-order valence-corrected chi connectivity index (χ0v) is 13.1. The van der Waals surface area contributed by atoms with Gasteiger partial charge in [0.2, 0.25) is 0 Å². The molecular weight excluding hydrogens is 290 g/mol. The van der Waals surface area contributed by atoms with Crippen molar-refractivity contribution in [2.24, 2.45) is 0 Å². The fraction of sp³-hybridized carbons (Fsp3) is 0.222. The molecule has 2 aromatic carbocycles. The number of rotatable bonds is 7. The summed E-state index contributed by atoms with van der Waals surface area (Å²) in [6.07, 6.45) is 4.20. The Morgan fingerprint density at radius 3 is 2.26 bits per heavy atom. The summed E-state index contributed by atoms with van der Waals surface area (Å²) in [7, 11) is 1.66. The Labute approximate surface area is 135 Å². The largest absolute Gasteiger partial charge is 0.497 e. The Kier molecular flexibility index (Phi) is 4.88. The standard InChI is InChI=1S/C18H19N3O2/c1-22-17-6-4-16(5-7-17)12-23-18-8-2-15(3-9-18)10-11-21-14-19-13-20-21/h2-9,13-14H,10-12H2,1H3. The topological polar surface area (TPSA) is 49.2 Å². The van der Waals surface area contributed by atoms with Gasteiger partial charge in [0.25, 0.3) is 0 Å². The summed E-state index contributed by atoms with van der Waals surface area (Å²) in [6.45, 7) is 1.37. The monoisotopic (exact) mass is 309 g/mol. The lowest BCUT2D eigenvalue weighted by Crippen LogP contribution is -2.01. The predicted octanol–water partition coefficient (Wildman–Crippen LogP) is 3.11. The fourth-order valence-corrected chi connectivity index (χ4v) is 2.23. The van der Waals surface area contributed by atoms with E-state index in [0.717, 1.165) is 30.0 Å². The minimum absolute atomic E-state index is 0.544. The molecular formula is C18H19N3O2. The van der Waals surface area contributed by atoms with Crippen LogP contribution in [0.3, 0.4) is 0 Å². The average molecular weight is 309 g/mol. The maximum atomic E-state index is 5.80. The zero-order valence-electron chi connectivity index (χ0n) is 13.1. The summed E-state index contributed by atoms with van der Waals surface area (Å²) in [5, 5.41) is 4.10. The number of benzene rings is 2. The van der Waals surface area contributed by atoms with E-state index in [4.69, 9.17) is 9.47 Å². The highest BCUT2D eigenvalue weighted by atomic mass is 16.5. The second-order valence-electron chi connectivity index (χ2n) is 5.19. The molecule has 0 spiro atoms. The van der Waals surface area contributed by atoms with Gasteiger partial charge in [-0.15, -0.1) is 0 Å². The van der Waals surface area contributed by atoms with E-state index in [0.29, 0.717) is 6.61 Å². The molecule has 0 saturated heterocycles. The van der Waals surface area contributed by atoms with Crippen LogP contribution in [0.25, 0.3) is 0 Å². The molecule has 1 aromatic heterocycles. The number of methoxy groups -OCH3 is 1. The van der Waals surface area contributed by atoms with Gasteiger partial charge in [-0.05, 0) is 41.8 Å². The first kappa shape index (κ1) is 15.1. The van der Waals surface area contributed by atoms with Gasteiger partial charge in [-0.25, -0.2) is 4.98 Å². The van der Waals surface area contributed by atoms with Crippen LogP contribution in [0.2, 0.25) is 0 Å².